The lowest BCUT2D eigenvalue weighted by Crippen LogP contribution is -2.27. The van der Waals surface area contributed by atoms with Crippen LogP contribution in [-0.4, -0.2) is 37.5 Å². The van der Waals surface area contributed by atoms with E-state index < -0.39 is 10.0 Å². The molecule has 0 unspecified atom stereocenters. The Balaban J connectivity index is 2.34. The van der Waals surface area contributed by atoms with Gasteiger partial charge in [-0.3, -0.25) is 0 Å². The normalized spacial score (nSPS) is 16.7. The molecule has 1 aromatic carbocycles. The number of nitrogens with zero attached hydrogens (tertiary/aromatic N) is 1. The number of aliphatic hydroxyl groups excluding tert-OH is 1. The molecule has 0 bridgehead atoms. The Kier molecular flexibility index (Phi) is 4.44. The van der Waals surface area contributed by atoms with Gasteiger partial charge >= 0.3 is 0 Å². The van der Waals surface area contributed by atoms with Crippen LogP contribution >= 0.6 is 0 Å². The van der Waals surface area contributed by atoms with E-state index in [1.807, 2.05) is 6.92 Å². The molecule has 0 aromatic heterocycles. The second-order valence-corrected chi connectivity index (χ2v) is 6.41. The molecule has 0 spiro atoms. The van der Waals surface area contributed by atoms with Gasteiger partial charge in [0.05, 0.1) is 18.1 Å². The van der Waals surface area contributed by atoms with Crippen molar-refractivity contribution in [3.8, 4) is 5.75 Å². The lowest BCUT2D eigenvalue weighted by Gasteiger charge is -2.17. The summed E-state index contributed by atoms with van der Waals surface area (Å²) in [5.41, 5.74) is 0.502. The molecule has 106 valence electrons. The van der Waals surface area contributed by atoms with Crippen LogP contribution in [0.15, 0.2) is 23.1 Å². The highest BCUT2D eigenvalue weighted by molar-refractivity contribution is 7.89. The molecule has 1 saturated heterocycles. The van der Waals surface area contributed by atoms with Gasteiger partial charge in [0.15, 0.2) is 0 Å². The number of aliphatic hydroxyl groups is 1. The van der Waals surface area contributed by atoms with Crippen LogP contribution in [0.25, 0.3) is 0 Å². The zero-order chi connectivity index (χ0) is 13.9. The van der Waals surface area contributed by atoms with Crippen LogP contribution in [0.3, 0.4) is 0 Å². The van der Waals surface area contributed by atoms with E-state index in [1.165, 1.54) is 16.4 Å². The minimum absolute atomic E-state index is 0.224. The van der Waals surface area contributed by atoms with Crippen LogP contribution in [0.5, 0.6) is 5.75 Å². The Morgan fingerprint density at radius 1 is 1.32 bits per heavy atom. The minimum Gasteiger partial charge on any atom is -0.494 e. The van der Waals surface area contributed by atoms with Gasteiger partial charge in [-0.1, -0.05) is 0 Å². The summed E-state index contributed by atoms with van der Waals surface area (Å²) in [4.78, 5) is 0.224. The lowest BCUT2D eigenvalue weighted by atomic mass is 10.2. The molecule has 2 rings (SSSR count). The largest absolute Gasteiger partial charge is 0.494 e. The average Bonchev–Trinajstić information content (AvgIpc) is 2.94. The number of rotatable bonds is 5. The van der Waals surface area contributed by atoms with Crippen LogP contribution in [0.4, 0.5) is 0 Å². The summed E-state index contributed by atoms with van der Waals surface area (Å²) in [6.45, 7) is 3.23. The summed E-state index contributed by atoms with van der Waals surface area (Å²) >= 11 is 0. The summed E-state index contributed by atoms with van der Waals surface area (Å²) in [5.74, 6) is 0.533. The average molecular weight is 285 g/mol. The molecule has 1 aromatic rings. The first-order chi connectivity index (χ1) is 9.09. The Morgan fingerprint density at radius 2 is 2.00 bits per heavy atom. The number of hydrogen-bond donors (Lipinski definition) is 1. The number of hydrogen-bond acceptors (Lipinski definition) is 4. The van der Waals surface area contributed by atoms with Gasteiger partial charge in [0.25, 0.3) is 0 Å². The highest BCUT2D eigenvalue weighted by Crippen LogP contribution is 2.26. The van der Waals surface area contributed by atoms with Crippen molar-refractivity contribution in [1.82, 2.24) is 4.31 Å². The third-order valence-electron chi connectivity index (χ3n) is 3.20. The molecule has 6 heteroatoms. The predicted molar refractivity (Wildman–Crippen MR) is 71.5 cm³/mol. The summed E-state index contributed by atoms with van der Waals surface area (Å²) in [5, 5.41) is 9.31. The van der Waals surface area contributed by atoms with Crippen LogP contribution in [-0.2, 0) is 16.6 Å². The number of ether oxygens (including phenoxy) is 1. The molecular formula is C13H19NO4S. The minimum atomic E-state index is -3.44. The van der Waals surface area contributed by atoms with E-state index >= 15 is 0 Å². The summed E-state index contributed by atoms with van der Waals surface area (Å²) in [7, 11) is -3.44. The van der Waals surface area contributed by atoms with E-state index in [0.717, 1.165) is 12.8 Å². The van der Waals surface area contributed by atoms with Crippen molar-refractivity contribution in [1.29, 1.82) is 0 Å². The zero-order valence-electron chi connectivity index (χ0n) is 11.0. The number of sulfonamides is 1. The summed E-state index contributed by atoms with van der Waals surface area (Å²) in [6.07, 6.45) is 1.81. The Bertz CT molecular complexity index is 536. The first-order valence-corrected chi connectivity index (χ1v) is 7.90. The number of benzene rings is 1. The molecule has 0 radical (unpaired) electrons. The fraction of sp³-hybridized carbons (Fsp3) is 0.538. The standard InChI is InChI=1S/C13H19NO4S/c1-2-18-13-6-5-12(9-11(13)10-15)19(16,17)14-7-3-4-8-14/h5-6,9,15H,2-4,7-8,10H2,1H3. The van der Waals surface area contributed by atoms with Crippen molar-refractivity contribution >= 4 is 10.0 Å². The smallest absolute Gasteiger partial charge is 0.243 e. The molecule has 0 amide bonds. The van der Waals surface area contributed by atoms with Crippen LogP contribution in [0.1, 0.15) is 25.3 Å². The quantitative estimate of drug-likeness (QED) is 0.887. The second kappa shape index (κ2) is 5.90. The van der Waals surface area contributed by atoms with Gasteiger partial charge in [0.1, 0.15) is 5.75 Å². The maximum absolute atomic E-state index is 12.4. The van der Waals surface area contributed by atoms with Gasteiger partial charge in [-0.15, -0.1) is 0 Å². The van der Waals surface area contributed by atoms with Gasteiger partial charge < -0.3 is 9.84 Å². The van der Waals surface area contributed by atoms with Gasteiger partial charge in [0, 0.05) is 18.7 Å². The Hall–Kier alpha value is -1.11. The van der Waals surface area contributed by atoms with Gasteiger partial charge in [0.2, 0.25) is 10.0 Å². The molecule has 1 heterocycles. The molecule has 19 heavy (non-hydrogen) atoms. The van der Waals surface area contributed by atoms with Gasteiger partial charge in [-0.2, -0.15) is 4.31 Å². The third kappa shape index (κ3) is 2.91. The molecule has 0 atom stereocenters. The first kappa shape index (κ1) is 14.3. The molecule has 1 N–H and O–H groups in total. The molecule has 0 saturated carbocycles. The second-order valence-electron chi connectivity index (χ2n) is 4.47. The van der Waals surface area contributed by atoms with Crippen molar-refractivity contribution in [2.45, 2.75) is 31.3 Å². The third-order valence-corrected chi connectivity index (χ3v) is 5.10. The van der Waals surface area contributed by atoms with Crippen molar-refractivity contribution in [2.75, 3.05) is 19.7 Å². The van der Waals surface area contributed by atoms with E-state index in [-0.39, 0.29) is 11.5 Å². The maximum Gasteiger partial charge on any atom is 0.243 e. The van der Waals surface area contributed by atoms with Crippen LogP contribution < -0.4 is 4.74 Å². The van der Waals surface area contributed by atoms with E-state index in [2.05, 4.69) is 0 Å². The Labute approximate surface area is 113 Å². The van der Waals surface area contributed by atoms with Crippen LogP contribution in [0.2, 0.25) is 0 Å². The van der Waals surface area contributed by atoms with E-state index in [0.29, 0.717) is 31.0 Å². The predicted octanol–water partition coefficient (Wildman–Crippen LogP) is 1.36. The Morgan fingerprint density at radius 3 is 2.58 bits per heavy atom. The monoisotopic (exact) mass is 285 g/mol. The molecule has 1 fully saturated rings. The van der Waals surface area contributed by atoms with Gasteiger partial charge in [-0.05, 0) is 38.0 Å². The fourth-order valence-electron chi connectivity index (χ4n) is 2.21. The van der Waals surface area contributed by atoms with Gasteiger partial charge in [-0.25, -0.2) is 8.42 Å². The van der Waals surface area contributed by atoms with E-state index in [1.54, 1.807) is 6.07 Å². The fourth-order valence-corrected chi connectivity index (χ4v) is 3.78. The lowest BCUT2D eigenvalue weighted by molar-refractivity contribution is 0.266. The van der Waals surface area contributed by atoms with Crippen molar-refractivity contribution in [2.24, 2.45) is 0 Å². The highest BCUT2D eigenvalue weighted by atomic mass is 32.2. The molecule has 5 nitrogen and oxygen atoms in total. The highest BCUT2D eigenvalue weighted by Gasteiger charge is 2.27. The molecular weight excluding hydrogens is 266 g/mol. The maximum atomic E-state index is 12.4. The van der Waals surface area contributed by atoms with E-state index in [9.17, 15) is 13.5 Å². The topological polar surface area (TPSA) is 66.8 Å². The molecule has 1 aliphatic heterocycles. The van der Waals surface area contributed by atoms with Crippen molar-refractivity contribution < 1.29 is 18.3 Å². The SMILES string of the molecule is CCOc1ccc(S(=O)(=O)N2CCCC2)cc1CO. The van der Waals surface area contributed by atoms with Crippen molar-refractivity contribution in [3.05, 3.63) is 23.8 Å². The first-order valence-electron chi connectivity index (χ1n) is 6.46. The van der Waals surface area contributed by atoms with Crippen molar-refractivity contribution in [3.63, 3.8) is 0 Å². The summed E-state index contributed by atoms with van der Waals surface area (Å²) < 4.78 is 31.6. The van der Waals surface area contributed by atoms with E-state index in [4.69, 9.17) is 4.74 Å². The molecule has 1 aliphatic rings. The molecule has 0 aliphatic carbocycles. The van der Waals surface area contributed by atoms with Crippen LogP contribution in [0, 0.1) is 0 Å². The zero-order valence-corrected chi connectivity index (χ0v) is 11.8. The summed E-state index contributed by atoms with van der Waals surface area (Å²) in [6, 6.07) is 4.65.